The van der Waals surface area contributed by atoms with Crippen LogP contribution in [0.15, 0.2) is 0 Å². The summed E-state index contributed by atoms with van der Waals surface area (Å²) in [7, 11) is 0. The minimum absolute atomic E-state index is 2.35. The molecular weight excluding hydrogens is 251 g/mol. The van der Waals surface area contributed by atoms with E-state index in [0.29, 0.717) is 0 Å². The van der Waals surface area contributed by atoms with Crippen molar-refractivity contribution >= 4 is 11.6 Å². The largest absolute Gasteiger partial charge is 0.458 e. The minimum atomic E-state index is -6.47. The molecule has 0 saturated carbocycles. The van der Waals surface area contributed by atoms with E-state index in [9.17, 15) is 35.1 Å². The molecule has 86 valence electrons. The summed E-state index contributed by atoms with van der Waals surface area (Å²) in [5, 5.41) is 0. The van der Waals surface area contributed by atoms with E-state index in [1.165, 1.54) is 0 Å². The molecule has 0 bridgehead atoms. The van der Waals surface area contributed by atoms with Gasteiger partial charge in [0.05, 0.1) is 0 Å². The van der Waals surface area contributed by atoms with Gasteiger partial charge in [-0.1, -0.05) is 11.6 Å². The van der Waals surface area contributed by atoms with Crippen LogP contribution in [0.25, 0.3) is 0 Å². The number of alkyl halides is 9. The zero-order chi connectivity index (χ0) is 11.8. The minimum Gasteiger partial charge on any atom is -0.284 e. The molecule has 0 N–H and O–H groups in total. The van der Waals surface area contributed by atoms with Crippen LogP contribution in [0, 0.1) is 0 Å². The molecule has 0 saturated heterocycles. The zero-order valence-corrected chi connectivity index (χ0v) is 6.64. The smallest absolute Gasteiger partial charge is 0.284 e. The highest BCUT2D eigenvalue weighted by atomic mass is 35.5. The number of rotatable bonds is 2. The second-order valence-corrected chi connectivity index (χ2v) is 2.31. The molecular formula is C4HClF8O. The Labute approximate surface area is 76.6 Å². The number of hydrogen-bond donors (Lipinski definition) is 0. The predicted molar refractivity (Wildman–Crippen MR) is 27.8 cm³/mol. The molecule has 1 nitrogen and oxygen atoms in total. The lowest BCUT2D eigenvalue weighted by Gasteiger charge is -2.29. The Morgan fingerprint density at radius 3 is 1.21 bits per heavy atom. The van der Waals surface area contributed by atoms with Crippen LogP contribution in [-0.2, 0) is 4.74 Å². The molecule has 0 aliphatic rings. The average molecular weight is 252 g/mol. The van der Waals surface area contributed by atoms with Gasteiger partial charge >= 0.3 is 18.2 Å². The topological polar surface area (TPSA) is 9.23 Å². The van der Waals surface area contributed by atoms with Crippen molar-refractivity contribution in [2.75, 3.05) is 0 Å². The monoisotopic (exact) mass is 252 g/mol. The first kappa shape index (κ1) is 13.7. The fourth-order valence-corrected chi connectivity index (χ4v) is 0.540. The quantitative estimate of drug-likeness (QED) is 0.541. The van der Waals surface area contributed by atoms with E-state index >= 15 is 0 Å². The van der Waals surface area contributed by atoms with Crippen LogP contribution >= 0.6 is 11.6 Å². The summed E-state index contributed by atoms with van der Waals surface area (Å²) >= 11 is 4.05. The molecule has 0 aromatic rings. The van der Waals surface area contributed by atoms with E-state index < -0.39 is 24.0 Å². The fraction of sp³-hybridized carbons (Fsp3) is 1.00. The van der Waals surface area contributed by atoms with Gasteiger partial charge in [-0.3, -0.25) is 4.74 Å². The van der Waals surface area contributed by atoms with Crippen molar-refractivity contribution in [2.45, 2.75) is 24.0 Å². The molecule has 0 aliphatic carbocycles. The van der Waals surface area contributed by atoms with Gasteiger partial charge in [0.2, 0.25) is 0 Å². The first-order valence-corrected chi connectivity index (χ1v) is 3.14. The SMILES string of the molecule is FC(Cl)OC(F)(C(F)(F)F)C(F)(F)F. The number of halogens is 9. The maximum Gasteiger partial charge on any atom is 0.458 e. The highest BCUT2D eigenvalue weighted by molar-refractivity contribution is 6.18. The van der Waals surface area contributed by atoms with Crippen LogP contribution in [0.1, 0.15) is 0 Å². The van der Waals surface area contributed by atoms with E-state index in [-0.39, 0.29) is 0 Å². The summed E-state index contributed by atoms with van der Waals surface area (Å²) in [6.07, 6.45) is -12.9. The first-order chi connectivity index (χ1) is 5.92. The van der Waals surface area contributed by atoms with Crippen LogP contribution in [0.4, 0.5) is 35.1 Å². The zero-order valence-electron chi connectivity index (χ0n) is 5.89. The highest BCUT2D eigenvalue weighted by Crippen LogP contribution is 2.47. The second-order valence-electron chi connectivity index (χ2n) is 1.97. The summed E-state index contributed by atoms with van der Waals surface area (Å²) in [4.78, 5) is 0. The van der Waals surface area contributed by atoms with Crippen molar-refractivity contribution in [3.05, 3.63) is 0 Å². The Kier molecular flexibility index (Phi) is 3.60. The van der Waals surface area contributed by atoms with Crippen molar-refractivity contribution in [3.63, 3.8) is 0 Å². The van der Waals surface area contributed by atoms with Crippen LogP contribution < -0.4 is 0 Å². The fourth-order valence-electron chi connectivity index (χ4n) is 0.417. The molecule has 0 aliphatic heterocycles. The Bertz CT molecular complexity index is 180. The molecule has 0 amide bonds. The lowest BCUT2D eigenvalue weighted by molar-refractivity contribution is -0.439. The van der Waals surface area contributed by atoms with Crippen molar-refractivity contribution in [2.24, 2.45) is 0 Å². The summed E-state index contributed by atoms with van der Waals surface area (Å²) in [6.45, 7) is 0. The van der Waals surface area contributed by atoms with E-state index in [0.717, 1.165) is 0 Å². The van der Waals surface area contributed by atoms with Crippen LogP contribution in [-0.4, -0.2) is 24.0 Å². The van der Waals surface area contributed by atoms with Crippen molar-refractivity contribution < 1.29 is 39.9 Å². The van der Waals surface area contributed by atoms with Gasteiger partial charge in [-0.05, 0) is 0 Å². The molecule has 0 aromatic carbocycles. The maximum atomic E-state index is 12.3. The maximum absolute atomic E-state index is 12.3. The Hall–Kier alpha value is -0.310. The van der Waals surface area contributed by atoms with E-state index in [1.807, 2.05) is 0 Å². The molecule has 0 fully saturated rings. The van der Waals surface area contributed by atoms with Crippen LogP contribution in [0.5, 0.6) is 0 Å². The van der Waals surface area contributed by atoms with Gasteiger partial charge in [0.25, 0.3) is 5.82 Å². The molecule has 0 aromatic heterocycles. The van der Waals surface area contributed by atoms with Gasteiger partial charge in [-0.25, -0.2) is 0 Å². The normalized spacial score (nSPS) is 16.9. The first-order valence-electron chi connectivity index (χ1n) is 2.70. The Balaban J connectivity index is 5.07. The van der Waals surface area contributed by atoms with E-state index in [1.54, 1.807) is 0 Å². The third kappa shape index (κ3) is 2.59. The lowest BCUT2D eigenvalue weighted by atomic mass is 10.3. The summed E-state index contributed by atoms with van der Waals surface area (Å²) in [5.74, 6) is -9.68. The van der Waals surface area contributed by atoms with Gasteiger partial charge in [0.15, 0.2) is 0 Å². The molecule has 0 spiro atoms. The van der Waals surface area contributed by atoms with Gasteiger partial charge in [-0.15, -0.1) is 0 Å². The van der Waals surface area contributed by atoms with Crippen LogP contribution in [0.2, 0.25) is 0 Å². The van der Waals surface area contributed by atoms with Crippen molar-refractivity contribution in [3.8, 4) is 0 Å². The molecule has 0 heterocycles. The third-order valence-corrected chi connectivity index (χ3v) is 1.07. The van der Waals surface area contributed by atoms with Crippen molar-refractivity contribution in [1.29, 1.82) is 0 Å². The number of ether oxygens (including phenoxy) is 1. The molecule has 0 radical (unpaired) electrons. The van der Waals surface area contributed by atoms with E-state index in [2.05, 4.69) is 16.3 Å². The molecule has 1 atom stereocenters. The summed E-state index contributed by atoms with van der Waals surface area (Å²) < 4.78 is 95.3. The lowest BCUT2D eigenvalue weighted by Crippen LogP contribution is -2.55. The molecule has 0 rings (SSSR count). The molecule has 10 heteroatoms. The number of hydrogen-bond acceptors (Lipinski definition) is 1. The van der Waals surface area contributed by atoms with Gasteiger partial charge in [0, 0.05) is 0 Å². The van der Waals surface area contributed by atoms with E-state index in [4.69, 9.17) is 0 Å². The van der Waals surface area contributed by atoms with Crippen molar-refractivity contribution in [1.82, 2.24) is 0 Å². The third-order valence-electron chi connectivity index (χ3n) is 0.981. The van der Waals surface area contributed by atoms with Gasteiger partial charge in [-0.2, -0.15) is 35.1 Å². The van der Waals surface area contributed by atoms with Gasteiger partial charge in [0.1, 0.15) is 0 Å². The summed E-state index contributed by atoms with van der Waals surface area (Å²) in [6, 6.07) is 0. The average Bonchev–Trinajstić information content (AvgIpc) is 1.79. The Morgan fingerprint density at radius 1 is 0.857 bits per heavy atom. The Morgan fingerprint density at radius 2 is 1.14 bits per heavy atom. The standard InChI is InChI=1S/C4HClF8O/c5-1(6)14-2(7,3(8,9)10)4(11,12)13/h1H. The van der Waals surface area contributed by atoms with Gasteiger partial charge < -0.3 is 0 Å². The highest BCUT2D eigenvalue weighted by Gasteiger charge is 2.75. The molecule has 14 heavy (non-hydrogen) atoms. The predicted octanol–water partition coefficient (Wildman–Crippen LogP) is 3.29. The summed E-state index contributed by atoms with van der Waals surface area (Å²) in [5.41, 5.74) is 0. The van der Waals surface area contributed by atoms with Crippen LogP contribution in [0.3, 0.4) is 0 Å². The second kappa shape index (κ2) is 3.69. The molecule has 1 unspecified atom stereocenters.